The molecule has 3 heteroatoms. The van der Waals surface area contributed by atoms with Gasteiger partial charge in [0.25, 0.3) is 0 Å². The van der Waals surface area contributed by atoms with E-state index >= 15 is 0 Å². The predicted molar refractivity (Wildman–Crippen MR) is 64.2 cm³/mol. The first-order valence-corrected chi connectivity index (χ1v) is 5.66. The van der Waals surface area contributed by atoms with Crippen molar-refractivity contribution in [3.05, 3.63) is 35.3 Å². The lowest BCUT2D eigenvalue weighted by atomic mass is 9.84. The van der Waals surface area contributed by atoms with E-state index in [0.717, 1.165) is 25.1 Å². The molecule has 1 aliphatic heterocycles. The number of nitrogens with zero attached hydrogens (tertiary/aromatic N) is 1. The van der Waals surface area contributed by atoms with Gasteiger partial charge < -0.3 is 9.84 Å². The van der Waals surface area contributed by atoms with Crippen molar-refractivity contribution >= 4 is 0 Å². The van der Waals surface area contributed by atoms with Crippen LogP contribution in [0.5, 0.6) is 0 Å². The SMILES string of the molecule is C=CC1C2=C(CCN1C)CC(OC)=C(O)C2. The number of ether oxygens (including phenoxy) is 1. The molecule has 0 amide bonds. The molecule has 0 radical (unpaired) electrons. The number of hydrogen-bond acceptors (Lipinski definition) is 3. The van der Waals surface area contributed by atoms with Crippen LogP contribution < -0.4 is 0 Å². The van der Waals surface area contributed by atoms with E-state index in [1.165, 1.54) is 11.1 Å². The van der Waals surface area contributed by atoms with E-state index < -0.39 is 0 Å². The van der Waals surface area contributed by atoms with Crippen molar-refractivity contribution < 1.29 is 9.84 Å². The Bertz CT molecular complexity index is 368. The summed E-state index contributed by atoms with van der Waals surface area (Å²) < 4.78 is 5.20. The van der Waals surface area contributed by atoms with E-state index in [9.17, 15) is 5.11 Å². The number of aliphatic hydroxyl groups is 1. The molecule has 2 rings (SSSR count). The average molecular weight is 221 g/mol. The van der Waals surface area contributed by atoms with Crippen LogP contribution in [0.1, 0.15) is 19.3 Å². The van der Waals surface area contributed by atoms with Crippen LogP contribution in [0, 0.1) is 0 Å². The fourth-order valence-corrected chi connectivity index (χ4v) is 2.60. The van der Waals surface area contributed by atoms with E-state index in [1.807, 2.05) is 6.08 Å². The summed E-state index contributed by atoms with van der Waals surface area (Å²) in [6, 6.07) is 0.268. The van der Waals surface area contributed by atoms with Crippen molar-refractivity contribution in [2.45, 2.75) is 25.3 Å². The Labute approximate surface area is 96.7 Å². The molecule has 88 valence electrons. The van der Waals surface area contributed by atoms with Crippen molar-refractivity contribution in [1.29, 1.82) is 0 Å². The van der Waals surface area contributed by atoms with Crippen LogP contribution in [0.15, 0.2) is 35.3 Å². The molecule has 0 aromatic heterocycles. The third-order valence-corrected chi connectivity index (χ3v) is 3.58. The highest BCUT2D eigenvalue weighted by molar-refractivity contribution is 5.36. The molecule has 0 spiro atoms. The van der Waals surface area contributed by atoms with Crippen molar-refractivity contribution in [1.82, 2.24) is 4.90 Å². The van der Waals surface area contributed by atoms with Crippen LogP contribution in [0.25, 0.3) is 0 Å². The molecule has 16 heavy (non-hydrogen) atoms. The minimum absolute atomic E-state index is 0.268. The molecule has 0 saturated carbocycles. The Morgan fingerprint density at radius 3 is 2.88 bits per heavy atom. The minimum Gasteiger partial charge on any atom is -0.508 e. The molecule has 0 fully saturated rings. The van der Waals surface area contributed by atoms with Gasteiger partial charge in [-0.15, -0.1) is 6.58 Å². The summed E-state index contributed by atoms with van der Waals surface area (Å²) in [5.74, 6) is 1.11. The van der Waals surface area contributed by atoms with Crippen molar-refractivity contribution in [2.24, 2.45) is 0 Å². The van der Waals surface area contributed by atoms with E-state index in [-0.39, 0.29) is 6.04 Å². The molecule has 1 atom stereocenters. The van der Waals surface area contributed by atoms with E-state index in [0.29, 0.717) is 12.2 Å². The Balaban J connectivity index is 2.28. The van der Waals surface area contributed by atoms with Gasteiger partial charge in [-0.3, -0.25) is 4.90 Å². The number of allylic oxidation sites excluding steroid dienone is 2. The first kappa shape index (κ1) is 11.3. The fraction of sp³-hybridized carbons (Fsp3) is 0.538. The van der Waals surface area contributed by atoms with E-state index in [2.05, 4.69) is 18.5 Å². The van der Waals surface area contributed by atoms with Gasteiger partial charge >= 0.3 is 0 Å². The molecule has 0 bridgehead atoms. The van der Waals surface area contributed by atoms with Crippen LogP contribution >= 0.6 is 0 Å². The number of methoxy groups -OCH3 is 1. The van der Waals surface area contributed by atoms with Crippen molar-refractivity contribution in [2.75, 3.05) is 20.7 Å². The molecule has 1 aliphatic carbocycles. The third kappa shape index (κ3) is 1.76. The molecule has 2 aliphatic rings. The molecule has 0 aromatic rings. The Hall–Kier alpha value is -1.22. The maximum atomic E-state index is 9.88. The summed E-state index contributed by atoms with van der Waals surface area (Å²) >= 11 is 0. The number of rotatable bonds is 2. The molecular weight excluding hydrogens is 202 g/mol. The van der Waals surface area contributed by atoms with Gasteiger partial charge in [0.1, 0.15) is 11.5 Å². The molecule has 3 nitrogen and oxygen atoms in total. The van der Waals surface area contributed by atoms with Crippen LogP contribution in [-0.2, 0) is 4.74 Å². The molecular formula is C13H19NO2. The second-order valence-electron chi connectivity index (χ2n) is 4.47. The molecule has 0 saturated heterocycles. The van der Waals surface area contributed by atoms with Crippen LogP contribution in [0.4, 0.5) is 0 Å². The number of aliphatic hydroxyl groups excluding tert-OH is 1. The lowest BCUT2D eigenvalue weighted by Gasteiger charge is -2.37. The zero-order chi connectivity index (χ0) is 11.7. The maximum Gasteiger partial charge on any atom is 0.137 e. The lowest BCUT2D eigenvalue weighted by molar-refractivity contribution is 0.222. The first-order chi connectivity index (χ1) is 7.67. The minimum atomic E-state index is 0.268. The summed E-state index contributed by atoms with van der Waals surface area (Å²) in [7, 11) is 3.72. The Kier molecular flexibility index (Phi) is 3.06. The monoisotopic (exact) mass is 221 g/mol. The Morgan fingerprint density at radius 2 is 2.25 bits per heavy atom. The molecule has 1 N–H and O–H groups in total. The first-order valence-electron chi connectivity index (χ1n) is 5.66. The fourth-order valence-electron chi connectivity index (χ4n) is 2.60. The standard InChI is InChI=1S/C13H19NO2/c1-4-11-10-8-12(15)13(16-3)7-9(10)5-6-14(11)2/h4,11,15H,1,5-8H2,2-3H3. The smallest absolute Gasteiger partial charge is 0.137 e. The Morgan fingerprint density at radius 1 is 1.50 bits per heavy atom. The van der Waals surface area contributed by atoms with Gasteiger partial charge in [0.2, 0.25) is 0 Å². The van der Waals surface area contributed by atoms with Gasteiger partial charge in [-0.25, -0.2) is 0 Å². The molecule has 1 unspecified atom stereocenters. The highest BCUT2D eigenvalue weighted by Gasteiger charge is 2.30. The largest absolute Gasteiger partial charge is 0.508 e. The van der Waals surface area contributed by atoms with Gasteiger partial charge in [-0.2, -0.15) is 0 Å². The van der Waals surface area contributed by atoms with Gasteiger partial charge in [0, 0.05) is 25.4 Å². The topological polar surface area (TPSA) is 32.7 Å². The van der Waals surface area contributed by atoms with E-state index in [4.69, 9.17) is 4.74 Å². The average Bonchev–Trinajstić information content (AvgIpc) is 2.28. The summed E-state index contributed by atoms with van der Waals surface area (Å²) in [4.78, 5) is 2.27. The summed E-state index contributed by atoms with van der Waals surface area (Å²) in [5, 5.41) is 9.88. The zero-order valence-corrected chi connectivity index (χ0v) is 9.99. The van der Waals surface area contributed by atoms with Gasteiger partial charge in [-0.1, -0.05) is 11.6 Å². The van der Waals surface area contributed by atoms with Gasteiger partial charge in [-0.05, 0) is 19.0 Å². The summed E-state index contributed by atoms with van der Waals surface area (Å²) in [6.07, 6.45) is 4.39. The van der Waals surface area contributed by atoms with Gasteiger partial charge in [0.15, 0.2) is 0 Å². The van der Waals surface area contributed by atoms with Crippen LogP contribution in [-0.4, -0.2) is 36.8 Å². The number of likely N-dealkylation sites (N-methyl/N-ethyl adjacent to an activating group) is 1. The van der Waals surface area contributed by atoms with E-state index in [1.54, 1.807) is 7.11 Å². The normalized spacial score (nSPS) is 26.8. The highest BCUT2D eigenvalue weighted by atomic mass is 16.5. The summed E-state index contributed by atoms with van der Waals surface area (Å²) in [6.45, 7) is 4.93. The second-order valence-corrected chi connectivity index (χ2v) is 4.47. The molecule has 1 heterocycles. The lowest BCUT2D eigenvalue weighted by Crippen LogP contribution is -2.38. The summed E-state index contributed by atoms with van der Waals surface area (Å²) in [5.41, 5.74) is 2.72. The highest BCUT2D eigenvalue weighted by Crippen LogP contribution is 2.37. The third-order valence-electron chi connectivity index (χ3n) is 3.58. The predicted octanol–water partition coefficient (Wildman–Crippen LogP) is 2.38. The van der Waals surface area contributed by atoms with Crippen LogP contribution in [0.2, 0.25) is 0 Å². The quantitative estimate of drug-likeness (QED) is 0.727. The van der Waals surface area contributed by atoms with Crippen LogP contribution in [0.3, 0.4) is 0 Å². The van der Waals surface area contributed by atoms with Crippen molar-refractivity contribution in [3.8, 4) is 0 Å². The van der Waals surface area contributed by atoms with Crippen molar-refractivity contribution in [3.63, 3.8) is 0 Å². The zero-order valence-electron chi connectivity index (χ0n) is 9.99. The van der Waals surface area contributed by atoms with Gasteiger partial charge in [0.05, 0.1) is 7.11 Å². The second kappa shape index (κ2) is 4.34. The maximum absolute atomic E-state index is 9.88. The number of hydrogen-bond donors (Lipinski definition) is 1. The molecule has 0 aromatic carbocycles.